The summed E-state index contributed by atoms with van der Waals surface area (Å²) in [4.78, 5) is 7.24. The van der Waals surface area contributed by atoms with Gasteiger partial charge in [0.2, 0.25) is 0 Å². The Morgan fingerprint density at radius 1 is 1.33 bits per heavy atom. The number of aromatic nitrogens is 1. The molecular weight excluding hydrogens is 325 g/mol. The maximum absolute atomic E-state index is 5.93. The lowest BCUT2D eigenvalue weighted by Crippen LogP contribution is -2.45. The van der Waals surface area contributed by atoms with Crippen molar-refractivity contribution < 1.29 is 0 Å². The second-order valence-electron chi connectivity index (χ2n) is 5.56. The third kappa shape index (κ3) is 4.30. The van der Waals surface area contributed by atoms with Crippen molar-refractivity contribution in [2.24, 2.45) is 11.7 Å². The van der Waals surface area contributed by atoms with E-state index in [0.29, 0.717) is 6.04 Å². The molecule has 2 N–H and O–H groups in total. The number of likely N-dealkylation sites (tertiary alicyclic amines) is 1. The highest BCUT2D eigenvalue weighted by molar-refractivity contribution is 7.18. The quantitative estimate of drug-likeness (QED) is 0.920. The first kappa shape index (κ1) is 18.7. The molecule has 1 aromatic heterocycles. The number of benzene rings is 1. The van der Waals surface area contributed by atoms with Crippen molar-refractivity contribution in [2.75, 3.05) is 13.1 Å². The largest absolute Gasteiger partial charge is 0.329 e. The van der Waals surface area contributed by atoms with Crippen molar-refractivity contribution >= 4 is 46.4 Å². The van der Waals surface area contributed by atoms with E-state index >= 15 is 0 Å². The van der Waals surface area contributed by atoms with Gasteiger partial charge in [0.15, 0.2) is 0 Å². The molecule has 3 rings (SSSR count). The Morgan fingerprint density at radius 2 is 2.10 bits per heavy atom. The number of nitrogens with zero attached hydrogens (tertiary/aromatic N) is 2. The Hall–Kier alpha value is -0.390. The van der Waals surface area contributed by atoms with Gasteiger partial charge in [0.1, 0.15) is 5.01 Å². The number of rotatable bonds is 3. The van der Waals surface area contributed by atoms with E-state index in [0.717, 1.165) is 31.1 Å². The predicted molar refractivity (Wildman–Crippen MR) is 95.8 cm³/mol. The number of para-hydroxylation sites is 1. The lowest BCUT2D eigenvalue weighted by Gasteiger charge is -2.37. The zero-order valence-electron chi connectivity index (χ0n) is 12.2. The summed E-state index contributed by atoms with van der Waals surface area (Å²) in [6, 6.07) is 8.89. The normalized spacial score (nSPS) is 22.6. The van der Waals surface area contributed by atoms with Crippen LogP contribution in [0.2, 0.25) is 0 Å². The summed E-state index contributed by atoms with van der Waals surface area (Å²) in [6.07, 6.45) is 2.50. The van der Waals surface area contributed by atoms with Gasteiger partial charge in [-0.25, -0.2) is 4.98 Å². The average Bonchev–Trinajstić information content (AvgIpc) is 2.83. The molecule has 0 radical (unpaired) electrons. The summed E-state index contributed by atoms with van der Waals surface area (Å²) in [5.41, 5.74) is 7.05. The molecule has 0 aliphatic carbocycles. The molecule has 0 bridgehead atoms. The van der Waals surface area contributed by atoms with Gasteiger partial charge < -0.3 is 5.73 Å². The van der Waals surface area contributed by atoms with E-state index in [9.17, 15) is 0 Å². The first-order chi connectivity index (χ1) is 9.26. The Bertz CT molecular complexity index is 528. The Kier molecular flexibility index (Phi) is 7.37. The highest BCUT2D eigenvalue weighted by Crippen LogP contribution is 2.27. The summed E-state index contributed by atoms with van der Waals surface area (Å²) in [7, 11) is 0. The molecule has 1 aliphatic rings. The molecule has 2 aromatic rings. The molecule has 3 nitrogen and oxygen atoms in total. The third-order valence-electron chi connectivity index (χ3n) is 4.05. The standard InChI is InChI=1S/C15H21N3S.2ClH/c1-11-6-7-18(12(8-11)9-16)10-15-17-13-4-2-3-5-14(13)19-15;;/h2-5,11-12H,6-10,16H2,1H3;2*1H. The Labute approximate surface area is 142 Å². The van der Waals surface area contributed by atoms with Crippen LogP contribution in [0.3, 0.4) is 0 Å². The first-order valence-electron chi connectivity index (χ1n) is 7.05. The SMILES string of the molecule is CC1CCN(Cc2nc3ccccc3s2)C(CN)C1.Cl.Cl. The maximum Gasteiger partial charge on any atom is 0.108 e. The molecule has 0 spiro atoms. The second kappa shape index (κ2) is 8.30. The van der Waals surface area contributed by atoms with Gasteiger partial charge >= 0.3 is 0 Å². The van der Waals surface area contributed by atoms with Crippen LogP contribution in [-0.4, -0.2) is 29.0 Å². The number of nitrogens with two attached hydrogens (primary N) is 1. The summed E-state index contributed by atoms with van der Waals surface area (Å²) < 4.78 is 1.28. The van der Waals surface area contributed by atoms with Crippen LogP contribution in [0.25, 0.3) is 10.2 Å². The van der Waals surface area contributed by atoms with Crippen LogP contribution in [0.1, 0.15) is 24.8 Å². The molecule has 1 fully saturated rings. The predicted octanol–water partition coefficient (Wildman–Crippen LogP) is 3.70. The summed E-state index contributed by atoms with van der Waals surface area (Å²) in [5.74, 6) is 0.806. The summed E-state index contributed by atoms with van der Waals surface area (Å²) in [6.45, 7) is 5.19. The highest BCUT2D eigenvalue weighted by Gasteiger charge is 2.25. The number of fused-ring (bicyclic) bond motifs is 1. The van der Waals surface area contributed by atoms with E-state index in [-0.39, 0.29) is 24.8 Å². The molecule has 2 heterocycles. The molecule has 0 amide bonds. The van der Waals surface area contributed by atoms with E-state index in [1.165, 1.54) is 22.5 Å². The van der Waals surface area contributed by atoms with Crippen molar-refractivity contribution in [3.8, 4) is 0 Å². The fourth-order valence-corrected chi connectivity index (χ4v) is 3.91. The van der Waals surface area contributed by atoms with Crippen LogP contribution in [0.15, 0.2) is 24.3 Å². The zero-order valence-corrected chi connectivity index (χ0v) is 14.6. The van der Waals surface area contributed by atoms with E-state index < -0.39 is 0 Å². The topological polar surface area (TPSA) is 42.2 Å². The molecular formula is C15H23Cl2N3S. The average molecular weight is 348 g/mol. The fourth-order valence-electron chi connectivity index (χ4n) is 2.91. The Balaban J connectivity index is 0.00000110. The molecule has 1 aromatic carbocycles. The molecule has 6 heteroatoms. The molecule has 1 saturated heterocycles. The van der Waals surface area contributed by atoms with E-state index in [4.69, 9.17) is 10.7 Å². The van der Waals surface area contributed by atoms with Gasteiger partial charge in [-0.15, -0.1) is 36.2 Å². The molecule has 0 saturated carbocycles. The summed E-state index contributed by atoms with van der Waals surface area (Å²) >= 11 is 1.81. The highest BCUT2D eigenvalue weighted by atomic mass is 35.5. The number of thiazole rings is 1. The third-order valence-corrected chi connectivity index (χ3v) is 5.07. The number of hydrogen-bond acceptors (Lipinski definition) is 4. The van der Waals surface area contributed by atoms with Gasteiger partial charge in [0.25, 0.3) is 0 Å². The molecule has 2 unspecified atom stereocenters. The monoisotopic (exact) mass is 347 g/mol. The number of halogens is 2. The van der Waals surface area contributed by atoms with Crippen LogP contribution in [0, 0.1) is 5.92 Å². The van der Waals surface area contributed by atoms with Crippen molar-refractivity contribution in [1.82, 2.24) is 9.88 Å². The lowest BCUT2D eigenvalue weighted by atomic mass is 9.92. The minimum Gasteiger partial charge on any atom is -0.329 e. The fraction of sp³-hybridized carbons (Fsp3) is 0.533. The molecule has 2 atom stereocenters. The van der Waals surface area contributed by atoms with Crippen LogP contribution in [-0.2, 0) is 6.54 Å². The smallest absolute Gasteiger partial charge is 0.108 e. The molecule has 1 aliphatic heterocycles. The number of hydrogen-bond donors (Lipinski definition) is 1. The van der Waals surface area contributed by atoms with Gasteiger partial charge in [-0.05, 0) is 37.4 Å². The zero-order chi connectivity index (χ0) is 13.2. The van der Waals surface area contributed by atoms with Crippen LogP contribution in [0.4, 0.5) is 0 Å². The van der Waals surface area contributed by atoms with Crippen molar-refractivity contribution in [3.63, 3.8) is 0 Å². The Morgan fingerprint density at radius 3 is 2.81 bits per heavy atom. The number of piperidine rings is 1. The molecule has 21 heavy (non-hydrogen) atoms. The minimum atomic E-state index is 0. The van der Waals surface area contributed by atoms with Crippen LogP contribution >= 0.6 is 36.2 Å². The summed E-state index contributed by atoms with van der Waals surface area (Å²) in [5, 5.41) is 1.22. The maximum atomic E-state index is 5.93. The van der Waals surface area contributed by atoms with E-state index in [2.05, 4.69) is 36.1 Å². The van der Waals surface area contributed by atoms with Gasteiger partial charge in [-0.2, -0.15) is 0 Å². The van der Waals surface area contributed by atoms with E-state index in [1.54, 1.807) is 0 Å². The van der Waals surface area contributed by atoms with Gasteiger partial charge in [-0.1, -0.05) is 19.1 Å². The van der Waals surface area contributed by atoms with Crippen molar-refractivity contribution in [2.45, 2.75) is 32.4 Å². The first-order valence-corrected chi connectivity index (χ1v) is 7.86. The van der Waals surface area contributed by atoms with Crippen LogP contribution < -0.4 is 5.73 Å². The van der Waals surface area contributed by atoms with E-state index in [1.807, 2.05) is 11.3 Å². The second-order valence-corrected chi connectivity index (χ2v) is 6.68. The minimum absolute atomic E-state index is 0. The van der Waals surface area contributed by atoms with Gasteiger partial charge in [0, 0.05) is 12.6 Å². The van der Waals surface area contributed by atoms with Gasteiger partial charge in [0.05, 0.1) is 16.8 Å². The van der Waals surface area contributed by atoms with Crippen molar-refractivity contribution in [1.29, 1.82) is 0 Å². The lowest BCUT2D eigenvalue weighted by molar-refractivity contribution is 0.115. The van der Waals surface area contributed by atoms with Crippen molar-refractivity contribution in [3.05, 3.63) is 29.3 Å². The molecule has 118 valence electrons. The van der Waals surface area contributed by atoms with Gasteiger partial charge in [-0.3, -0.25) is 4.90 Å². The van der Waals surface area contributed by atoms with Crippen LogP contribution in [0.5, 0.6) is 0 Å².